The zero-order valence-electron chi connectivity index (χ0n) is 11.6. The van der Waals surface area contributed by atoms with Crippen molar-refractivity contribution in [2.24, 2.45) is 5.73 Å². The second-order valence-electron chi connectivity index (χ2n) is 4.53. The van der Waals surface area contributed by atoms with Gasteiger partial charge in [0.2, 0.25) is 0 Å². The predicted molar refractivity (Wildman–Crippen MR) is 82.9 cm³/mol. The van der Waals surface area contributed by atoms with Crippen LogP contribution < -0.4 is 11.1 Å². The van der Waals surface area contributed by atoms with Gasteiger partial charge in [-0.2, -0.15) is 0 Å². The fourth-order valence-electron chi connectivity index (χ4n) is 1.92. The molecule has 0 saturated carbocycles. The summed E-state index contributed by atoms with van der Waals surface area (Å²) in [5.74, 6) is -0.0496. The van der Waals surface area contributed by atoms with Crippen LogP contribution in [0.25, 0.3) is 11.3 Å². The summed E-state index contributed by atoms with van der Waals surface area (Å²) in [6.07, 6.45) is 1.83. The summed E-state index contributed by atoms with van der Waals surface area (Å²) in [7, 11) is 0. The third-order valence-electron chi connectivity index (χ3n) is 2.90. The maximum absolute atomic E-state index is 12.2. The number of nitrogens with one attached hydrogen (secondary N) is 1. The highest BCUT2D eigenvalue weighted by Crippen LogP contribution is 2.27. The highest BCUT2D eigenvalue weighted by molar-refractivity contribution is 7.14. The van der Waals surface area contributed by atoms with Gasteiger partial charge in [-0.3, -0.25) is 4.79 Å². The largest absolute Gasteiger partial charge is 0.351 e. The average Bonchev–Trinajstić information content (AvgIpc) is 2.86. The molecule has 0 atom stereocenters. The zero-order valence-corrected chi connectivity index (χ0v) is 12.4. The summed E-state index contributed by atoms with van der Waals surface area (Å²) in [5.41, 5.74) is 7.18. The van der Waals surface area contributed by atoms with Gasteiger partial charge in [0.1, 0.15) is 4.88 Å². The smallest absolute Gasteiger partial charge is 0.263 e. The normalized spacial score (nSPS) is 10.5. The number of carbonyl (C=O) groups is 1. The number of nitrogens with two attached hydrogens (primary N) is 1. The number of carbonyl (C=O) groups excluding carboxylic acids is 1. The topological polar surface area (TPSA) is 68.0 Å². The van der Waals surface area contributed by atoms with E-state index in [0.717, 1.165) is 29.1 Å². The molecular weight excluding hydrogens is 270 g/mol. The van der Waals surface area contributed by atoms with E-state index < -0.39 is 0 Å². The molecule has 20 heavy (non-hydrogen) atoms. The first kappa shape index (κ1) is 14.7. The highest BCUT2D eigenvalue weighted by atomic mass is 32.1. The van der Waals surface area contributed by atoms with Crippen LogP contribution in [0.1, 0.15) is 27.5 Å². The molecule has 5 heteroatoms. The molecule has 0 fully saturated rings. The maximum Gasteiger partial charge on any atom is 0.263 e. The second kappa shape index (κ2) is 7.17. The highest BCUT2D eigenvalue weighted by Gasteiger charge is 2.17. The van der Waals surface area contributed by atoms with Crippen molar-refractivity contribution in [2.45, 2.75) is 19.8 Å². The summed E-state index contributed by atoms with van der Waals surface area (Å²) in [6, 6.07) is 9.80. The minimum absolute atomic E-state index is 0.0496. The van der Waals surface area contributed by atoms with Crippen LogP contribution in [0.4, 0.5) is 0 Å². The van der Waals surface area contributed by atoms with Gasteiger partial charge in [0.25, 0.3) is 5.91 Å². The van der Waals surface area contributed by atoms with Gasteiger partial charge in [0.05, 0.1) is 10.7 Å². The van der Waals surface area contributed by atoms with Gasteiger partial charge in [-0.05, 0) is 26.3 Å². The Hall–Kier alpha value is -1.72. The number of aryl methyl sites for hydroxylation is 1. The molecule has 2 rings (SSSR count). The van der Waals surface area contributed by atoms with Crippen LogP contribution in [0.15, 0.2) is 30.3 Å². The number of unbranched alkanes of at least 4 members (excludes halogenated alkanes) is 1. The number of rotatable bonds is 6. The fourth-order valence-corrected chi connectivity index (χ4v) is 2.78. The van der Waals surface area contributed by atoms with E-state index in [1.165, 1.54) is 11.3 Å². The maximum atomic E-state index is 12.2. The lowest BCUT2D eigenvalue weighted by atomic mass is 10.1. The van der Waals surface area contributed by atoms with Crippen molar-refractivity contribution in [1.29, 1.82) is 0 Å². The predicted octanol–water partition coefficient (Wildman–Crippen LogP) is 2.59. The van der Waals surface area contributed by atoms with Crippen LogP contribution in [0.2, 0.25) is 0 Å². The first-order chi connectivity index (χ1) is 9.72. The molecule has 0 saturated heterocycles. The van der Waals surface area contributed by atoms with Crippen molar-refractivity contribution in [2.75, 3.05) is 13.1 Å². The van der Waals surface area contributed by atoms with E-state index in [9.17, 15) is 4.79 Å². The molecule has 0 spiro atoms. The SMILES string of the molecule is Cc1nc(-c2ccccc2)c(C(=O)NCCCCN)s1. The number of hydrogen-bond donors (Lipinski definition) is 2. The molecule has 4 nitrogen and oxygen atoms in total. The first-order valence-corrected chi connectivity index (χ1v) is 7.55. The van der Waals surface area contributed by atoms with Crippen molar-refractivity contribution in [3.63, 3.8) is 0 Å². The summed E-state index contributed by atoms with van der Waals surface area (Å²) in [4.78, 5) is 17.4. The van der Waals surface area contributed by atoms with Gasteiger partial charge in [-0.1, -0.05) is 30.3 Å². The van der Waals surface area contributed by atoms with Gasteiger partial charge >= 0.3 is 0 Å². The van der Waals surface area contributed by atoms with Crippen LogP contribution in [0.5, 0.6) is 0 Å². The van der Waals surface area contributed by atoms with E-state index >= 15 is 0 Å². The number of benzene rings is 1. The molecule has 3 N–H and O–H groups in total. The lowest BCUT2D eigenvalue weighted by Crippen LogP contribution is -2.24. The number of thiazole rings is 1. The van der Waals surface area contributed by atoms with Gasteiger partial charge in [0.15, 0.2) is 0 Å². The molecule has 1 heterocycles. The second-order valence-corrected chi connectivity index (χ2v) is 5.73. The molecule has 0 aliphatic carbocycles. The monoisotopic (exact) mass is 289 g/mol. The van der Waals surface area contributed by atoms with Crippen molar-refractivity contribution in [3.05, 3.63) is 40.2 Å². The Labute approximate surface area is 123 Å². The van der Waals surface area contributed by atoms with E-state index in [-0.39, 0.29) is 5.91 Å². The standard InChI is InChI=1S/C15H19N3OS/c1-11-18-13(12-7-3-2-4-8-12)14(20-11)15(19)17-10-6-5-9-16/h2-4,7-8H,5-6,9-10,16H2,1H3,(H,17,19). The quantitative estimate of drug-likeness (QED) is 0.803. The van der Waals surface area contributed by atoms with Crippen LogP contribution >= 0.6 is 11.3 Å². The Kier molecular flexibility index (Phi) is 5.26. The summed E-state index contributed by atoms with van der Waals surface area (Å²) < 4.78 is 0. The number of hydrogen-bond acceptors (Lipinski definition) is 4. The molecule has 106 valence electrons. The lowest BCUT2D eigenvalue weighted by molar-refractivity contribution is 0.0957. The molecule has 0 aliphatic rings. The third kappa shape index (κ3) is 3.65. The molecule has 2 aromatic rings. The Balaban J connectivity index is 2.14. The van der Waals surface area contributed by atoms with Crippen molar-refractivity contribution < 1.29 is 4.79 Å². The van der Waals surface area contributed by atoms with E-state index in [2.05, 4.69) is 10.3 Å². The average molecular weight is 289 g/mol. The summed E-state index contributed by atoms with van der Waals surface area (Å²) in [6.45, 7) is 3.23. The van der Waals surface area contributed by atoms with E-state index in [4.69, 9.17) is 5.73 Å². The molecule has 0 unspecified atom stereocenters. The zero-order chi connectivity index (χ0) is 14.4. The Bertz CT molecular complexity index is 566. The molecule has 0 bridgehead atoms. The lowest BCUT2D eigenvalue weighted by Gasteiger charge is -2.05. The summed E-state index contributed by atoms with van der Waals surface area (Å²) in [5, 5.41) is 3.83. The molecule has 1 aromatic carbocycles. The molecule has 1 aromatic heterocycles. The van der Waals surface area contributed by atoms with Gasteiger partial charge < -0.3 is 11.1 Å². The number of aromatic nitrogens is 1. The van der Waals surface area contributed by atoms with Crippen LogP contribution in [-0.2, 0) is 0 Å². The van der Waals surface area contributed by atoms with E-state index in [1.54, 1.807) is 0 Å². The molecular formula is C15H19N3OS. The van der Waals surface area contributed by atoms with Gasteiger partial charge in [-0.25, -0.2) is 4.98 Å². The molecule has 0 aliphatic heterocycles. The molecule has 0 radical (unpaired) electrons. The Morgan fingerprint density at radius 3 is 2.75 bits per heavy atom. The third-order valence-corrected chi connectivity index (χ3v) is 3.87. The first-order valence-electron chi connectivity index (χ1n) is 6.73. The van der Waals surface area contributed by atoms with E-state index in [1.807, 2.05) is 37.3 Å². The van der Waals surface area contributed by atoms with Gasteiger partial charge in [-0.15, -0.1) is 11.3 Å². The minimum Gasteiger partial charge on any atom is -0.351 e. The van der Waals surface area contributed by atoms with Crippen molar-refractivity contribution in [3.8, 4) is 11.3 Å². The summed E-state index contributed by atoms with van der Waals surface area (Å²) >= 11 is 1.43. The van der Waals surface area contributed by atoms with Crippen LogP contribution in [-0.4, -0.2) is 24.0 Å². The fraction of sp³-hybridized carbons (Fsp3) is 0.333. The Morgan fingerprint density at radius 2 is 2.05 bits per heavy atom. The minimum atomic E-state index is -0.0496. The van der Waals surface area contributed by atoms with E-state index in [0.29, 0.717) is 18.0 Å². The number of nitrogens with zero attached hydrogens (tertiary/aromatic N) is 1. The number of amides is 1. The van der Waals surface area contributed by atoms with Crippen molar-refractivity contribution >= 4 is 17.2 Å². The van der Waals surface area contributed by atoms with Crippen molar-refractivity contribution in [1.82, 2.24) is 10.3 Å². The molecule has 1 amide bonds. The van der Waals surface area contributed by atoms with Crippen LogP contribution in [0.3, 0.4) is 0 Å². The Morgan fingerprint density at radius 1 is 1.30 bits per heavy atom. The van der Waals surface area contributed by atoms with Gasteiger partial charge in [0, 0.05) is 12.1 Å². The van der Waals surface area contributed by atoms with Crippen LogP contribution in [0, 0.1) is 6.92 Å².